The Morgan fingerprint density at radius 3 is 1.08 bits per heavy atom. The zero-order valence-electron chi connectivity index (χ0n) is 48.5. The number of piperidine rings is 2. The quantitative estimate of drug-likeness (QED) is 0.0250. The van der Waals surface area contributed by atoms with Crippen molar-refractivity contribution in [3.63, 3.8) is 0 Å². The predicted octanol–water partition coefficient (Wildman–Crippen LogP) is 16.8. The molecule has 74 heavy (non-hydrogen) atoms. The lowest BCUT2D eigenvalue weighted by atomic mass is 9.94. The van der Waals surface area contributed by atoms with Crippen molar-refractivity contribution in [3.8, 4) is 0 Å². The summed E-state index contributed by atoms with van der Waals surface area (Å²) in [7, 11) is 4.03. The fourth-order valence-corrected chi connectivity index (χ4v) is 12.6. The predicted molar refractivity (Wildman–Crippen MR) is 314 cm³/mol. The molecular weight excluding hydrogens is 965 g/mol. The molecule has 0 aromatic heterocycles. The minimum absolute atomic E-state index is 0.0165. The molecule has 0 bridgehead atoms. The molecule has 0 aromatic carbocycles. The van der Waals surface area contributed by atoms with Gasteiger partial charge in [0.05, 0.1) is 19.8 Å². The van der Waals surface area contributed by atoms with Crippen molar-refractivity contribution in [2.24, 2.45) is 11.8 Å². The second-order valence-electron chi connectivity index (χ2n) is 22.3. The molecule has 2 fully saturated rings. The molecule has 2 saturated heterocycles. The van der Waals surface area contributed by atoms with E-state index < -0.39 is 0 Å². The van der Waals surface area contributed by atoms with Crippen molar-refractivity contribution in [2.75, 3.05) is 70.6 Å². The highest BCUT2D eigenvalue weighted by atomic mass is 33.1. The summed E-state index contributed by atoms with van der Waals surface area (Å²) in [5.74, 6) is 3.44. The van der Waals surface area contributed by atoms with Gasteiger partial charge in [-0.3, -0.25) is 19.2 Å². The van der Waals surface area contributed by atoms with Gasteiger partial charge in [-0.2, -0.15) is 0 Å². The highest BCUT2D eigenvalue weighted by molar-refractivity contribution is 8.76. The van der Waals surface area contributed by atoms with Crippen LogP contribution in [0.15, 0.2) is 0 Å². The van der Waals surface area contributed by atoms with Gasteiger partial charge in [-0.25, -0.2) is 0 Å². The van der Waals surface area contributed by atoms with Crippen molar-refractivity contribution in [1.82, 2.24) is 9.80 Å². The molecule has 2 rings (SSSR count). The van der Waals surface area contributed by atoms with Gasteiger partial charge >= 0.3 is 23.9 Å². The normalized spacial score (nSPS) is 15.0. The third kappa shape index (κ3) is 42.5. The first kappa shape index (κ1) is 68.6. The van der Waals surface area contributed by atoms with Crippen LogP contribution in [0.4, 0.5) is 0 Å². The lowest BCUT2D eigenvalue weighted by molar-refractivity contribution is -0.150. The Morgan fingerprint density at radius 1 is 0.392 bits per heavy atom. The second-order valence-corrected chi connectivity index (χ2v) is 25.0. The Kier molecular flexibility index (Phi) is 47.3. The van der Waals surface area contributed by atoms with E-state index in [4.69, 9.17) is 18.9 Å². The van der Waals surface area contributed by atoms with Crippen molar-refractivity contribution in [3.05, 3.63) is 0 Å². The molecule has 12 heteroatoms. The van der Waals surface area contributed by atoms with E-state index in [1.54, 1.807) is 0 Å². The average Bonchev–Trinajstić information content (AvgIpc) is 3.40. The topological polar surface area (TPSA) is 112 Å². The summed E-state index contributed by atoms with van der Waals surface area (Å²) in [5.41, 5.74) is 0. The molecule has 2 heterocycles. The first-order chi connectivity index (χ1) is 36.3. The molecule has 0 aliphatic carbocycles. The molecule has 0 aromatic rings. The van der Waals surface area contributed by atoms with Gasteiger partial charge in [-0.1, -0.05) is 184 Å². The molecule has 0 radical (unpaired) electrons. The Hall–Kier alpha value is -1.50. The molecular formula is C62H116N2O8S2. The number of hydrogen-bond donors (Lipinski definition) is 0. The van der Waals surface area contributed by atoms with Crippen molar-refractivity contribution in [2.45, 2.75) is 290 Å². The number of likely N-dealkylation sites (tertiary alicyclic amines) is 2. The van der Waals surface area contributed by atoms with Crippen molar-refractivity contribution >= 4 is 45.5 Å². The first-order valence-corrected chi connectivity index (χ1v) is 34.2. The smallest absolute Gasteiger partial charge is 0.306 e. The van der Waals surface area contributed by atoms with Crippen molar-refractivity contribution < 1.29 is 38.1 Å². The zero-order valence-corrected chi connectivity index (χ0v) is 50.1. The van der Waals surface area contributed by atoms with Crippen LogP contribution in [0.2, 0.25) is 0 Å². The SMILES string of the molecule is CCCCCCCCCOC(=O)CCCCCCCC(=O)OCCC1CCN(CCSSCCN2CCC(CCOC(=O)CCCCCCCC(=O)OC(CCCCCCCC)CCCCCCCC)CC2)CC1. The molecule has 2 aliphatic rings. The molecule has 0 spiro atoms. The number of esters is 4. The lowest BCUT2D eigenvalue weighted by Crippen LogP contribution is -2.36. The molecule has 2 aliphatic heterocycles. The molecule has 0 saturated carbocycles. The average molecular weight is 1080 g/mol. The van der Waals surface area contributed by atoms with E-state index >= 15 is 0 Å². The highest BCUT2D eigenvalue weighted by Crippen LogP contribution is 2.26. The molecule has 0 unspecified atom stereocenters. The van der Waals surface area contributed by atoms with Crippen LogP contribution in [0, 0.1) is 11.8 Å². The van der Waals surface area contributed by atoms with E-state index in [0.717, 1.165) is 154 Å². The maximum absolute atomic E-state index is 12.7. The summed E-state index contributed by atoms with van der Waals surface area (Å²) in [6.45, 7) is 15.3. The number of carbonyl (C=O) groups is 4. The number of hydrogen-bond acceptors (Lipinski definition) is 12. The van der Waals surface area contributed by atoms with Gasteiger partial charge in [-0.05, 0) is 134 Å². The van der Waals surface area contributed by atoms with E-state index in [9.17, 15) is 19.2 Å². The summed E-state index contributed by atoms with van der Waals surface area (Å²) >= 11 is 0. The van der Waals surface area contributed by atoms with Crippen LogP contribution < -0.4 is 0 Å². The van der Waals surface area contributed by atoms with Crippen molar-refractivity contribution in [1.29, 1.82) is 0 Å². The fourth-order valence-electron chi connectivity index (χ4n) is 10.5. The van der Waals surface area contributed by atoms with E-state index in [-0.39, 0.29) is 30.0 Å². The number of ether oxygens (including phenoxy) is 4. The van der Waals surface area contributed by atoms with Crippen LogP contribution in [0.5, 0.6) is 0 Å². The Morgan fingerprint density at radius 2 is 0.703 bits per heavy atom. The fraction of sp³-hybridized carbons (Fsp3) is 0.935. The summed E-state index contributed by atoms with van der Waals surface area (Å²) in [5, 5.41) is 0. The van der Waals surface area contributed by atoms with Gasteiger partial charge < -0.3 is 28.7 Å². The lowest BCUT2D eigenvalue weighted by Gasteiger charge is -2.32. The standard InChI is InChI=1S/C62H116N2O8S2/c1-4-7-10-13-16-25-32-51-69-59(65)35-28-21-17-22-29-36-60(66)70-52-43-56-39-45-63(46-40-56)49-54-73-74-55-50-64-47-41-57(42-48-64)44-53-71-61(67)37-30-23-18-24-31-38-62(68)72-58(33-26-19-14-11-8-5-2)34-27-20-15-12-9-6-3/h56-58H,4-55H2,1-3H3. The molecule has 0 amide bonds. The minimum atomic E-state index is -0.0631. The summed E-state index contributed by atoms with van der Waals surface area (Å²) < 4.78 is 22.6. The number of nitrogens with zero attached hydrogens (tertiary/aromatic N) is 2. The molecule has 0 N–H and O–H groups in total. The van der Waals surface area contributed by atoms with Crippen LogP contribution >= 0.6 is 21.6 Å². The molecule has 10 nitrogen and oxygen atoms in total. The monoisotopic (exact) mass is 1080 g/mol. The Balaban J connectivity index is 1.34. The minimum Gasteiger partial charge on any atom is -0.466 e. The van der Waals surface area contributed by atoms with Gasteiger partial charge in [-0.15, -0.1) is 0 Å². The maximum atomic E-state index is 12.7. The van der Waals surface area contributed by atoms with Crippen LogP contribution in [0.1, 0.15) is 284 Å². The zero-order chi connectivity index (χ0) is 53.2. The van der Waals surface area contributed by atoms with E-state index in [0.29, 0.717) is 57.3 Å². The highest BCUT2D eigenvalue weighted by Gasteiger charge is 2.21. The third-order valence-corrected chi connectivity index (χ3v) is 18.0. The van der Waals surface area contributed by atoms with Gasteiger partial charge in [0.25, 0.3) is 0 Å². The van der Waals surface area contributed by atoms with Crippen LogP contribution in [-0.4, -0.2) is 110 Å². The molecule has 434 valence electrons. The third-order valence-electron chi connectivity index (χ3n) is 15.6. The van der Waals surface area contributed by atoms with Gasteiger partial charge in [0.1, 0.15) is 6.10 Å². The summed E-state index contributed by atoms with van der Waals surface area (Å²) in [4.78, 5) is 54.6. The molecule has 0 atom stereocenters. The van der Waals surface area contributed by atoms with Gasteiger partial charge in [0.2, 0.25) is 0 Å². The number of rotatable bonds is 52. The number of unbranched alkanes of at least 4 members (excludes halogenated alkanes) is 24. The van der Waals surface area contributed by atoms with E-state index in [1.807, 2.05) is 21.6 Å². The maximum Gasteiger partial charge on any atom is 0.306 e. The first-order valence-electron chi connectivity index (χ1n) is 31.7. The summed E-state index contributed by atoms with van der Waals surface area (Å²) in [6, 6.07) is 0. The Bertz CT molecular complexity index is 1290. The van der Waals surface area contributed by atoms with Gasteiger partial charge in [0, 0.05) is 50.3 Å². The Labute approximate surface area is 463 Å². The van der Waals surface area contributed by atoms with Crippen LogP contribution in [-0.2, 0) is 38.1 Å². The second kappa shape index (κ2) is 51.0. The van der Waals surface area contributed by atoms with Crippen LogP contribution in [0.25, 0.3) is 0 Å². The van der Waals surface area contributed by atoms with E-state index in [1.165, 1.54) is 135 Å². The number of carbonyl (C=O) groups excluding carboxylic acids is 4. The van der Waals surface area contributed by atoms with Gasteiger partial charge in [0.15, 0.2) is 0 Å². The van der Waals surface area contributed by atoms with E-state index in [2.05, 4.69) is 30.6 Å². The largest absolute Gasteiger partial charge is 0.466 e. The summed E-state index contributed by atoms with van der Waals surface area (Å²) in [6.07, 6.45) is 44.3. The van der Waals surface area contributed by atoms with Crippen LogP contribution in [0.3, 0.4) is 0 Å².